The summed E-state index contributed by atoms with van der Waals surface area (Å²) in [5.74, 6) is 2.10. The van der Waals surface area contributed by atoms with Crippen LogP contribution in [0.1, 0.15) is 71.1 Å². The molecule has 0 spiro atoms. The van der Waals surface area contributed by atoms with E-state index < -0.39 is 0 Å². The predicted octanol–water partition coefficient (Wildman–Crippen LogP) is 3.59. The van der Waals surface area contributed by atoms with Gasteiger partial charge in [0.1, 0.15) is 0 Å². The number of rotatable bonds is 7. The Bertz CT molecular complexity index is 292. The number of piperidine rings is 1. The molecule has 1 saturated heterocycles. The second-order valence-electron chi connectivity index (χ2n) is 7.03. The third-order valence-electron chi connectivity index (χ3n) is 5.38. The van der Waals surface area contributed by atoms with Gasteiger partial charge in [-0.15, -0.1) is 0 Å². The lowest BCUT2D eigenvalue weighted by atomic mass is 9.86. The molecule has 1 saturated carbocycles. The van der Waals surface area contributed by atoms with Gasteiger partial charge in [0.15, 0.2) is 0 Å². The highest BCUT2D eigenvalue weighted by atomic mass is 16.2. The van der Waals surface area contributed by atoms with Gasteiger partial charge in [0.2, 0.25) is 5.91 Å². The van der Waals surface area contributed by atoms with Gasteiger partial charge in [0.05, 0.1) is 0 Å². The Balaban J connectivity index is 1.56. The fourth-order valence-electron chi connectivity index (χ4n) is 3.91. The van der Waals surface area contributed by atoms with Crippen LogP contribution in [0.2, 0.25) is 0 Å². The Kier molecular flexibility index (Phi) is 7.56. The minimum Gasteiger partial charge on any atom is -0.343 e. The molecule has 2 rings (SSSR count). The van der Waals surface area contributed by atoms with Gasteiger partial charge in [-0.2, -0.15) is 0 Å². The summed E-state index contributed by atoms with van der Waals surface area (Å²) in [5, 5.41) is 3.43. The smallest absolute Gasteiger partial charge is 0.222 e. The van der Waals surface area contributed by atoms with Gasteiger partial charge in [-0.1, -0.05) is 39.0 Å². The summed E-state index contributed by atoms with van der Waals surface area (Å²) in [5.41, 5.74) is 0. The highest BCUT2D eigenvalue weighted by Gasteiger charge is 2.22. The Labute approximate surface area is 130 Å². The SMILES string of the molecule is CCNCC1CCN(C(=O)CCCC2CCCCC2)CC1. The highest BCUT2D eigenvalue weighted by molar-refractivity contribution is 5.76. The molecule has 2 fully saturated rings. The van der Waals surface area contributed by atoms with Gasteiger partial charge in [0, 0.05) is 19.5 Å². The monoisotopic (exact) mass is 294 g/mol. The first-order valence-electron chi connectivity index (χ1n) is 9.28. The van der Waals surface area contributed by atoms with Crippen molar-refractivity contribution in [1.29, 1.82) is 0 Å². The summed E-state index contributed by atoms with van der Waals surface area (Å²) in [6.07, 6.45) is 12.6. The number of nitrogens with one attached hydrogen (secondary N) is 1. The lowest BCUT2D eigenvalue weighted by Gasteiger charge is -2.32. The van der Waals surface area contributed by atoms with Crippen LogP contribution in [-0.2, 0) is 4.79 Å². The van der Waals surface area contributed by atoms with Gasteiger partial charge in [0.25, 0.3) is 0 Å². The molecule has 0 unspecified atom stereocenters. The summed E-state index contributed by atoms with van der Waals surface area (Å²) >= 11 is 0. The van der Waals surface area contributed by atoms with Gasteiger partial charge >= 0.3 is 0 Å². The standard InChI is InChI=1S/C18H34N2O/c1-2-19-15-17-11-13-20(14-12-17)18(21)10-6-9-16-7-4-3-5-8-16/h16-17,19H,2-15H2,1H3. The van der Waals surface area contributed by atoms with Crippen LogP contribution in [0, 0.1) is 11.8 Å². The summed E-state index contributed by atoms with van der Waals surface area (Å²) in [7, 11) is 0. The van der Waals surface area contributed by atoms with E-state index in [9.17, 15) is 4.79 Å². The molecular weight excluding hydrogens is 260 g/mol. The first-order chi connectivity index (χ1) is 10.3. The van der Waals surface area contributed by atoms with E-state index in [0.29, 0.717) is 5.91 Å². The first kappa shape index (κ1) is 16.8. The fraction of sp³-hybridized carbons (Fsp3) is 0.944. The number of amides is 1. The molecule has 0 radical (unpaired) electrons. The number of hydrogen-bond acceptors (Lipinski definition) is 2. The fourth-order valence-corrected chi connectivity index (χ4v) is 3.91. The number of hydrogen-bond donors (Lipinski definition) is 1. The average molecular weight is 294 g/mol. The van der Waals surface area contributed by atoms with E-state index in [-0.39, 0.29) is 0 Å². The first-order valence-corrected chi connectivity index (χ1v) is 9.28. The molecule has 0 bridgehead atoms. The van der Waals surface area contributed by atoms with Crippen molar-refractivity contribution in [2.45, 2.75) is 71.1 Å². The van der Waals surface area contributed by atoms with Crippen LogP contribution in [0.15, 0.2) is 0 Å². The maximum Gasteiger partial charge on any atom is 0.222 e. The summed E-state index contributed by atoms with van der Waals surface area (Å²) in [6, 6.07) is 0. The van der Waals surface area contributed by atoms with Crippen molar-refractivity contribution in [3.63, 3.8) is 0 Å². The van der Waals surface area contributed by atoms with Crippen molar-refractivity contribution < 1.29 is 4.79 Å². The molecule has 122 valence electrons. The number of nitrogens with zero attached hydrogens (tertiary/aromatic N) is 1. The maximum atomic E-state index is 12.3. The van der Waals surface area contributed by atoms with Gasteiger partial charge in [-0.05, 0) is 50.6 Å². The third-order valence-corrected chi connectivity index (χ3v) is 5.38. The van der Waals surface area contributed by atoms with Crippen molar-refractivity contribution in [3.8, 4) is 0 Å². The van der Waals surface area contributed by atoms with Crippen molar-refractivity contribution in [3.05, 3.63) is 0 Å². The highest BCUT2D eigenvalue weighted by Crippen LogP contribution is 2.28. The topological polar surface area (TPSA) is 32.3 Å². The van der Waals surface area contributed by atoms with Crippen LogP contribution >= 0.6 is 0 Å². The van der Waals surface area contributed by atoms with E-state index in [0.717, 1.165) is 50.9 Å². The van der Waals surface area contributed by atoms with Crippen LogP contribution in [0.25, 0.3) is 0 Å². The third kappa shape index (κ3) is 5.98. The van der Waals surface area contributed by atoms with E-state index in [1.165, 1.54) is 51.4 Å². The Morgan fingerprint density at radius 2 is 1.76 bits per heavy atom. The summed E-state index contributed by atoms with van der Waals surface area (Å²) in [4.78, 5) is 14.4. The Hall–Kier alpha value is -0.570. The van der Waals surface area contributed by atoms with Gasteiger partial charge in [-0.25, -0.2) is 0 Å². The molecule has 1 aliphatic carbocycles. The molecule has 0 atom stereocenters. The largest absolute Gasteiger partial charge is 0.343 e. The van der Waals surface area contributed by atoms with Gasteiger partial charge in [-0.3, -0.25) is 4.79 Å². The van der Waals surface area contributed by atoms with E-state index in [1.54, 1.807) is 0 Å². The van der Waals surface area contributed by atoms with E-state index in [2.05, 4.69) is 17.1 Å². The number of carbonyl (C=O) groups excluding carboxylic acids is 1. The lowest BCUT2D eigenvalue weighted by Crippen LogP contribution is -2.40. The van der Waals surface area contributed by atoms with Crippen molar-refractivity contribution in [2.75, 3.05) is 26.2 Å². The molecular formula is C18H34N2O. The van der Waals surface area contributed by atoms with E-state index in [4.69, 9.17) is 0 Å². The molecule has 3 nitrogen and oxygen atoms in total. The average Bonchev–Trinajstić information content (AvgIpc) is 2.54. The summed E-state index contributed by atoms with van der Waals surface area (Å²) < 4.78 is 0. The minimum atomic E-state index is 0.410. The zero-order chi connectivity index (χ0) is 14.9. The zero-order valence-electron chi connectivity index (χ0n) is 13.9. The molecule has 1 N–H and O–H groups in total. The Morgan fingerprint density at radius 3 is 2.43 bits per heavy atom. The maximum absolute atomic E-state index is 12.3. The Morgan fingerprint density at radius 1 is 1.05 bits per heavy atom. The second-order valence-corrected chi connectivity index (χ2v) is 7.03. The van der Waals surface area contributed by atoms with Crippen molar-refractivity contribution in [2.24, 2.45) is 11.8 Å². The second kappa shape index (κ2) is 9.45. The molecule has 0 aromatic heterocycles. The molecule has 1 aliphatic heterocycles. The van der Waals surface area contributed by atoms with Crippen molar-refractivity contribution >= 4 is 5.91 Å². The molecule has 2 aliphatic rings. The molecule has 1 amide bonds. The number of carbonyl (C=O) groups is 1. The molecule has 0 aromatic rings. The minimum absolute atomic E-state index is 0.410. The number of likely N-dealkylation sites (tertiary alicyclic amines) is 1. The van der Waals surface area contributed by atoms with Crippen LogP contribution in [0.4, 0.5) is 0 Å². The van der Waals surface area contributed by atoms with Gasteiger partial charge < -0.3 is 10.2 Å². The normalized spacial score (nSPS) is 21.7. The van der Waals surface area contributed by atoms with E-state index >= 15 is 0 Å². The lowest BCUT2D eigenvalue weighted by molar-refractivity contribution is -0.132. The van der Waals surface area contributed by atoms with Crippen LogP contribution in [0.5, 0.6) is 0 Å². The van der Waals surface area contributed by atoms with E-state index in [1.807, 2.05) is 0 Å². The molecule has 21 heavy (non-hydrogen) atoms. The molecule has 1 heterocycles. The quantitative estimate of drug-likeness (QED) is 0.778. The molecule has 0 aromatic carbocycles. The summed E-state index contributed by atoms with van der Waals surface area (Å²) in [6.45, 7) is 6.31. The predicted molar refractivity (Wildman–Crippen MR) is 88.3 cm³/mol. The van der Waals surface area contributed by atoms with Crippen LogP contribution in [-0.4, -0.2) is 37.0 Å². The van der Waals surface area contributed by atoms with Crippen molar-refractivity contribution in [1.82, 2.24) is 10.2 Å². The van der Waals surface area contributed by atoms with Crippen LogP contribution in [0.3, 0.4) is 0 Å². The molecule has 3 heteroatoms. The van der Waals surface area contributed by atoms with Crippen LogP contribution < -0.4 is 5.32 Å². The zero-order valence-corrected chi connectivity index (χ0v) is 13.9.